The fourth-order valence-electron chi connectivity index (χ4n) is 2.56. The number of hydrogen-bond acceptors (Lipinski definition) is 3. The van der Waals surface area contributed by atoms with Gasteiger partial charge in [0, 0.05) is 43.8 Å². The molecule has 4 nitrogen and oxygen atoms in total. The van der Waals surface area contributed by atoms with Crippen LogP contribution in [0.15, 0.2) is 41.3 Å². The number of rotatable bonds is 8. The van der Waals surface area contributed by atoms with Gasteiger partial charge in [-0.15, -0.1) is 0 Å². The van der Waals surface area contributed by atoms with E-state index in [1.54, 1.807) is 6.07 Å². The van der Waals surface area contributed by atoms with E-state index < -0.39 is 0 Å². The predicted molar refractivity (Wildman–Crippen MR) is 88.9 cm³/mol. The molecule has 1 N–H and O–H groups in total. The van der Waals surface area contributed by atoms with Crippen molar-refractivity contribution in [2.75, 3.05) is 32.7 Å². The molecule has 114 valence electrons. The molecule has 0 saturated heterocycles. The van der Waals surface area contributed by atoms with E-state index in [0.29, 0.717) is 0 Å². The molecule has 2 aromatic rings. The van der Waals surface area contributed by atoms with Gasteiger partial charge in [-0.05, 0) is 25.2 Å². The Kier molecular flexibility index (Phi) is 5.96. The second-order valence-corrected chi connectivity index (χ2v) is 5.17. The molecule has 0 saturated carbocycles. The van der Waals surface area contributed by atoms with E-state index in [0.717, 1.165) is 50.2 Å². The average Bonchev–Trinajstić information content (AvgIpc) is 2.53. The fourth-order valence-corrected chi connectivity index (χ4v) is 2.56. The zero-order chi connectivity index (χ0) is 15.1. The van der Waals surface area contributed by atoms with Crippen molar-refractivity contribution in [3.8, 4) is 0 Å². The maximum absolute atomic E-state index is 11.8. The smallest absolute Gasteiger partial charge is 0.189 e. The van der Waals surface area contributed by atoms with Gasteiger partial charge in [0.1, 0.15) is 0 Å². The van der Waals surface area contributed by atoms with Gasteiger partial charge in [0.2, 0.25) is 0 Å². The number of benzene rings is 1. The lowest BCUT2D eigenvalue weighted by Gasteiger charge is -2.18. The maximum Gasteiger partial charge on any atom is 0.189 e. The quantitative estimate of drug-likeness (QED) is 0.754. The lowest BCUT2D eigenvalue weighted by Crippen LogP contribution is -2.33. The van der Waals surface area contributed by atoms with Crippen LogP contribution in [0.3, 0.4) is 0 Å². The van der Waals surface area contributed by atoms with Gasteiger partial charge >= 0.3 is 0 Å². The molecular formula is C17H25N3O. The molecule has 4 heteroatoms. The lowest BCUT2D eigenvalue weighted by molar-refractivity contribution is 0.302. The number of para-hydroxylation sites is 1. The van der Waals surface area contributed by atoms with E-state index in [-0.39, 0.29) is 5.43 Å². The van der Waals surface area contributed by atoms with Crippen LogP contribution in [0.2, 0.25) is 0 Å². The molecule has 1 aromatic carbocycles. The standard InChI is InChI=1S/C17H25N3O/c1-3-19(4-2)13-10-18-11-14-20-12-9-17(21)15-7-5-6-8-16(15)20/h5-9,12,18H,3-4,10-11,13-14H2,1-2H3. The van der Waals surface area contributed by atoms with Gasteiger partial charge in [0.25, 0.3) is 0 Å². The highest BCUT2D eigenvalue weighted by Crippen LogP contribution is 2.08. The monoisotopic (exact) mass is 287 g/mol. The highest BCUT2D eigenvalue weighted by Gasteiger charge is 2.02. The van der Waals surface area contributed by atoms with Crippen LogP contribution < -0.4 is 10.7 Å². The highest BCUT2D eigenvalue weighted by molar-refractivity contribution is 5.78. The van der Waals surface area contributed by atoms with Crippen molar-refractivity contribution in [3.05, 3.63) is 46.8 Å². The van der Waals surface area contributed by atoms with Crippen LogP contribution in [-0.4, -0.2) is 42.2 Å². The van der Waals surface area contributed by atoms with Crippen molar-refractivity contribution < 1.29 is 0 Å². The summed E-state index contributed by atoms with van der Waals surface area (Å²) in [6.07, 6.45) is 1.89. The maximum atomic E-state index is 11.8. The van der Waals surface area contributed by atoms with Gasteiger partial charge < -0.3 is 14.8 Å². The van der Waals surface area contributed by atoms with Gasteiger partial charge in [-0.25, -0.2) is 0 Å². The van der Waals surface area contributed by atoms with E-state index in [1.165, 1.54) is 0 Å². The van der Waals surface area contributed by atoms with E-state index in [9.17, 15) is 4.79 Å². The van der Waals surface area contributed by atoms with Crippen molar-refractivity contribution in [1.29, 1.82) is 0 Å². The first kappa shape index (κ1) is 15.7. The molecule has 0 radical (unpaired) electrons. The minimum Gasteiger partial charge on any atom is -0.346 e. The molecule has 0 aliphatic carbocycles. The Bertz CT molecular complexity index is 617. The van der Waals surface area contributed by atoms with Crippen LogP contribution in [0.25, 0.3) is 10.9 Å². The topological polar surface area (TPSA) is 37.3 Å². The van der Waals surface area contributed by atoms with Gasteiger partial charge in [-0.3, -0.25) is 4.79 Å². The van der Waals surface area contributed by atoms with Crippen molar-refractivity contribution in [3.63, 3.8) is 0 Å². The summed E-state index contributed by atoms with van der Waals surface area (Å²) in [7, 11) is 0. The minimum atomic E-state index is 0.0938. The summed E-state index contributed by atoms with van der Waals surface area (Å²) in [5.41, 5.74) is 1.10. The SMILES string of the molecule is CCN(CC)CCNCCn1ccc(=O)c2ccccc21. The summed E-state index contributed by atoms with van der Waals surface area (Å²) >= 11 is 0. The summed E-state index contributed by atoms with van der Waals surface area (Å²) in [5.74, 6) is 0. The third kappa shape index (κ3) is 4.16. The number of nitrogens with one attached hydrogen (secondary N) is 1. The molecule has 0 unspecified atom stereocenters. The molecular weight excluding hydrogens is 262 g/mol. The summed E-state index contributed by atoms with van der Waals surface area (Å²) in [4.78, 5) is 14.2. The predicted octanol–water partition coefficient (Wildman–Crippen LogP) is 1.93. The number of hydrogen-bond donors (Lipinski definition) is 1. The first-order valence-corrected chi connectivity index (χ1v) is 7.77. The van der Waals surface area contributed by atoms with Crippen molar-refractivity contribution in [2.24, 2.45) is 0 Å². The Morgan fingerprint density at radius 2 is 1.86 bits per heavy atom. The number of fused-ring (bicyclic) bond motifs is 1. The van der Waals surface area contributed by atoms with Crippen LogP contribution in [0, 0.1) is 0 Å². The Morgan fingerprint density at radius 3 is 2.62 bits per heavy atom. The zero-order valence-corrected chi connectivity index (χ0v) is 13.0. The normalized spacial score (nSPS) is 11.4. The summed E-state index contributed by atoms with van der Waals surface area (Å²) in [6.45, 7) is 10.4. The van der Waals surface area contributed by atoms with Crippen LogP contribution in [0.4, 0.5) is 0 Å². The van der Waals surface area contributed by atoms with Gasteiger partial charge in [0.05, 0.1) is 5.52 Å². The minimum absolute atomic E-state index is 0.0938. The molecule has 0 fully saturated rings. The van der Waals surface area contributed by atoms with Crippen LogP contribution >= 0.6 is 0 Å². The summed E-state index contributed by atoms with van der Waals surface area (Å²) < 4.78 is 2.14. The number of aromatic nitrogens is 1. The average molecular weight is 287 g/mol. The third-order valence-corrected chi connectivity index (χ3v) is 3.91. The van der Waals surface area contributed by atoms with E-state index in [4.69, 9.17) is 0 Å². The van der Waals surface area contributed by atoms with Crippen molar-refractivity contribution in [1.82, 2.24) is 14.8 Å². The van der Waals surface area contributed by atoms with Crippen molar-refractivity contribution in [2.45, 2.75) is 20.4 Å². The molecule has 1 aromatic heterocycles. The summed E-state index contributed by atoms with van der Waals surface area (Å²) in [6, 6.07) is 9.44. The van der Waals surface area contributed by atoms with Gasteiger partial charge in [0.15, 0.2) is 5.43 Å². The second-order valence-electron chi connectivity index (χ2n) is 5.17. The van der Waals surface area contributed by atoms with Crippen LogP contribution in [0.5, 0.6) is 0 Å². The third-order valence-electron chi connectivity index (χ3n) is 3.91. The molecule has 0 spiro atoms. The Hall–Kier alpha value is -1.65. The van der Waals surface area contributed by atoms with E-state index >= 15 is 0 Å². The molecule has 0 aliphatic rings. The Balaban J connectivity index is 1.90. The van der Waals surface area contributed by atoms with Gasteiger partial charge in [-0.1, -0.05) is 26.0 Å². The molecule has 0 atom stereocenters. The molecule has 1 heterocycles. The Morgan fingerprint density at radius 1 is 1.10 bits per heavy atom. The Labute approximate surface area is 126 Å². The lowest BCUT2D eigenvalue weighted by atomic mass is 10.2. The summed E-state index contributed by atoms with van der Waals surface area (Å²) in [5, 5.41) is 4.27. The largest absolute Gasteiger partial charge is 0.346 e. The first-order valence-electron chi connectivity index (χ1n) is 7.77. The number of nitrogens with zero attached hydrogens (tertiary/aromatic N) is 2. The molecule has 0 aliphatic heterocycles. The zero-order valence-electron chi connectivity index (χ0n) is 13.0. The van der Waals surface area contributed by atoms with Gasteiger partial charge in [-0.2, -0.15) is 0 Å². The van der Waals surface area contributed by atoms with Crippen LogP contribution in [0.1, 0.15) is 13.8 Å². The van der Waals surface area contributed by atoms with Crippen LogP contribution in [-0.2, 0) is 6.54 Å². The highest BCUT2D eigenvalue weighted by atomic mass is 16.1. The molecule has 21 heavy (non-hydrogen) atoms. The second kappa shape index (κ2) is 7.96. The van der Waals surface area contributed by atoms with E-state index in [1.807, 2.05) is 30.5 Å². The first-order chi connectivity index (χ1) is 10.3. The number of pyridine rings is 1. The van der Waals surface area contributed by atoms with Crippen molar-refractivity contribution >= 4 is 10.9 Å². The number of likely N-dealkylation sites (N-methyl/N-ethyl adjacent to an activating group) is 1. The fraction of sp³-hybridized carbons (Fsp3) is 0.471. The molecule has 0 amide bonds. The molecule has 2 rings (SSSR count). The van der Waals surface area contributed by atoms with E-state index in [2.05, 4.69) is 28.6 Å². The molecule has 0 bridgehead atoms.